The van der Waals surface area contributed by atoms with Crippen molar-refractivity contribution in [1.82, 2.24) is 15.1 Å². The maximum Gasteiger partial charge on any atom is 0.268 e. The molecule has 0 saturated heterocycles. The van der Waals surface area contributed by atoms with E-state index >= 15 is 0 Å². The predicted molar refractivity (Wildman–Crippen MR) is 84.4 cm³/mol. The summed E-state index contributed by atoms with van der Waals surface area (Å²) in [7, 11) is 0. The third-order valence-corrected chi connectivity index (χ3v) is 3.34. The minimum Gasteiger partial charge on any atom is -0.371 e. The lowest BCUT2D eigenvalue weighted by Crippen LogP contribution is -2.33. The summed E-state index contributed by atoms with van der Waals surface area (Å²) in [4.78, 5) is 14.2. The Bertz CT molecular complexity index is 451. The third kappa shape index (κ3) is 4.96. The van der Waals surface area contributed by atoms with Gasteiger partial charge in [0.05, 0.1) is 11.9 Å². The zero-order valence-electron chi connectivity index (χ0n) is 13.4. The molecule has 20 heavy (non-hydrogen) atoms. The van der Waals surface area contributed by atoms with Crippen molar-refractivity contribution in [1.29, 1.82) is 0 Å². The van der Waals surface area contributed by atoms with Crippen LogP contribution in [0, 0.1) is 5.92 Å². The van der Waals surface area contributed by atoms with Crippen LogP contribution < -0.4 is 15.8 Å². The van der Waals surface area contributed by atoms with Gasteiger partial charge < -0.3 is 10.2 Å². The Hall–Kier alpha value is -1.36. The highest BCUT2D eigenvalue weighted by Gasteiger charge is 2.09. The Morgan fingerprint density at radius 2 is 1.95 bits per heavy atom. The highest BCUT2D eigenvalue weighted by atomic mass is 16.1. The molecule has 1 N–H and O–H groups in total. The molecule has 1 atom stereocenters. The van der Waals surface area contributed by atoms with E-state index in [4.69, 9.17) is 0 Å². The fourth-order valence-corrected chi connectivity index (χ4v) is 2.12. The second-order valence-electron chi connectivity index (χ2n) is 5.57. The molecule has 1 aromatic heterocycles. The van der Waals surface area contributed by atoms with Crippen molar-refractivity contribution < 1.29 is 0 Å². The summed E-state index contributed by atoms with van der Waals surface area (Å²) >= 11 is 0. The smallest absolute Gasteiger partial charge is 0.268 e. The van der Waals surface area contributed by atoms with Crippen LogP contribution in [-0.2, 0) is 6.54 Å². The van der Waals surface area contributed by atoms with Gasteiger partial charge in [-0.15, -0.1) is 0 Å². The number of anilines is 1. The molecule has 0 aliphatic carbocycles. The standard InChI is InChI=1S/C15H28N4O/c1-6-18(7-2)14-8-15(20)19(17-10-14)11-13(5)9-16-12(3)4/h8,10,12-13,16H,6-7,9,11H2,1-5H3. The van der Waals surface area contributed by atoms with Crippen molar-refractivity contribution >= 4 is 5.69 Å². The van der Waals surface area contributed by atoms with Gasteiger partial charge in [-0.25, -0.2) is 4.68 Å². The second kappa shape index (κ2) is 8.04. The lowest BCUT2D eigenvalue weighted by Gasteiger charge is -2.21. The van der Waals surface area contributed by atoms with Crippen LogP contribution in [0.2, 0.25) is 0 Å². The molecular weight excluding hydrogens is 252 g/mol. The summed E-state index contributed by atoms with van der Waals surface area (Å²) in [5.41, 5.74) is 0.884. The van der Waals surface area contributed by atoms with E-state index < -0.39 is 0 Å². The van der Waals surface area contributed by atoms with Gasteiger partial charge in [-0.1, -0.05) is 20.8 Å². The fraction of sp³-hybridized carbons (Fsp3) is 0.733. The van der Waals surface area contributed by atoms with Crippen molar-refractivity contribution in [3.63, 3.8) is 0 Å². The molecule has 5 nitrogen and oxygen atoms in total. The van der Waals surface area contributed by atoms with Crippen molar-refractivity contribution in [3.05, 3.63) is 22.6 Å². The van der Waals surface area contributed by atoms with E-state index in [-0.39, 0.29) is 5.56 Å². The van der Waals surface area contributed by atoms with Gasteiger partial charge in [-0.3, -0.25) is 4.79 Å². The molecule has 0 radical (unpaired) electrons. The molecule has 5 heteroatoms. The predicted octanol–water partition coefficient (Wildman–Crippen LogP) is 1.72. The van der Waals surface area contributed by atoms with E-state index in [0.29, 0.717) is 18.5 Å². The van der Waals surface area contributed by atoms with Crippen LogP contribution in [-0.4, -0.2) is 35.5 Å². The first-order valence-electron chi connectivity index (χ1n) is 7.53. The maximum atomic E-state index is 12.1. The molecule has 0 aliphatic rings. The Morgan fingerprint density at radius 1 is 1.30 bits per heavy atom. The van der Waals surface area contributed by atoms with E-state index in [0.717, 1.165) is 25.3 Å². The molecule has 0 aromatic carbocycles. The van der Waals surface area contributed by atoms with Gasteiger partial charge in [0.1, 0.15) is 0 Å². The number of nitrogens with one attached hydrogen (secondary N) is 1. The van der Waals surface area contributed by atoms with Gasteiger partial charge in [0.2, 0.25) is 0 Å². The lowest BCUT2D eigenvalue weighted by molar-refractivity contribution is 0.396. The Morgan fingerprint density at radius 3 is 2.45 bits per heavy atom. The van der Waals surface area contributed by atoms with E-state index in [2.05, 4.69) is 49.9 Å². The number of aromatic nitrogens is 2. The van der Waals surface area contributed by atoms with Crippen LogP contribution in [0.1, 0.15) is 34.6 Å². The minimum atomic E-state index is -0.0224. The lowest BCUT2D eigenvalue weighted by atomic mass is 10.1. The first-order chi connectivity index (χ1) is 9.47. The highest BCUT2D eigenvalue weighted by Crippen LogP contribution is 2.08. The van der Waals surface area contributed by atoms with E-state index in [9.17, 15) is 4.79 Å². The van der Waals surface area contributed by atoms with Crippen LogP contribution in [0.5, 0.6) is 0 Å². The van der Waals surface area contributed by atoms with Crippen molar-refractivity contribution in [2.45, 2.75) is 47.2 Å². The number of nitrogens with zero attached hydrogens (tertiary/aromatic N) is 3. The second-order valence-corrected chi connectivity index (χ2v) is 5.57. The molecule has 1 heterocycles. The highest BCUT2D eigenvalue weighted by molar-refractivity contribution is 5.42. The van der Waals surface area contributed by atoms with Gasteiger partial charge in [0.15, 0.2) is 0 Å². The van der Waals surface area contributed by atoms with Crippen LogP contribution in [0.4, 0.5) is 5.69 Å². The van der Waals surface area contributed by atoms with Gasteiger partial charge in [0.25, 0.3) is 5.56 Å². The number of hydrogen-bond acceptors (Lipinski definition) is 4. The van der Waals surface area contributed by atoms with E-state index in [1.165, 1.54) is 0 Å². The first kappa shape index (κ1) is 16.7. The van der Waals surface area contributed by atoms with Crippen LogP contribution >= 0.6 is 0 Å². The average molecular weight is 280 g/mol. The Labute approximate surface area is 122 Å². The summed E-state index contributed by atoms with van der Waals surface area (Å²) < 4.78 is 1.56. The largest absolute Gasteiger partial charge is 0.371 e. The first-order valence-corrected chi connectivity index (χ1v) is 7.53. The van der Waals surface area contributed by atoms with E-state index in [1.54, 1.807) is 16.9 Å². The molecule has 1 unspecified atom stereocenters. The van der Waals surface area contributed by atoms with Gasteiger partial charge in [-0.2, -0.15) is 5.10 Å². The van der Waals surface area contributed by atoms with Gasteiger partial charge in [0, 0.05) is 31.7 Å². The van der Waals surface area contributed by atoms with Crippen LogP contribution in [0.15, 0.2) is 17.1 Å². The number of hydrogen-bond donors (Lipinski definition) is 1. The summed E-state index contributed by atoms with van der Waals surface area (Å²) in [6.45, 7) is 13.8. The topological polar surface area (TPSA) is 50.2 Å². The fourth-order valence-electron chi connectivity index (χ4n) is 2.12. The zero-order valence-corrected chi connectivity index (χ0v) is 13.4. The normalized spacial score (nSPS) is 12.7. The van der Waals surface area contributed by atoms with Gasteiger partial charge >= 0.3 is 0 Å². The van der Waals surface area contributed by atoms with Crippen molar-refractivity contribution in [2.75, 3.05) is 24.5 Å². The summed E-state index contributed by atoms with van der Waals surface area (Å²) in [6, 6.07) is 2.15. The average Bonchev–Trinajstić information content (AvgIpc) is 2.41. The monoisotopic (exact) mass is 280 g/mol. The maximum absolute atomic E-state index is 12.1. The zero-order chi connectivity index (χ0) is 15.1. The Kier molecular flexibility index (Phi) is 6.71. The molecule has 1 rings (SSSR count). The molecular formula is C15H28N4O. The quantitative estimate of drug-likeness (QED) is 0.788. The SMILES string of the molecule is CCN(CC)c1cnn(CC(C)CNC(C)C)c(=O)c1. The molecule has 0 fully saturated rings. The van der Waals surface area contributed by atoms with Crippen LogP contribution in [0.25, 0.3) is 0 Å². The Balaban J connectivity index is 2.71. The molecule has 0 amide bonds. The van der Waals surface area contributed by atoms with Gasteiger partial charge in [-0.05, 0) is 26.3 Å². The van der Waals surface area contributed by atoms with Crippen LogP contribution in [0.3, 0.4) is 0 Å². The molecule has 0 aliphatic heterocycles. The molecule has 1 aromatic rings. The van der Waals surface area contributed by atoms with Crippen molar-refractivity contribution in [3.8, 4) is 0 Å². The minimum absolute atomic E-state index is 0.0224. The summed E-state index contributed by atoms with van der Waals surface area (Å²) in [6.07, 6.45) is 1.79. The van der Waals surface area contributed by atoms with Crippen molar-refractivity contribution in [2.24, 2.45) is 5.92 Å². The molecule has 0 bridgehead atoms. The molecule has 114 valence electrons. The molecule has 0 spiro atoms. The third-order valence-electron chi connectivity index (χ3n) is 3.34. The number of rotatable bonds is 8. The molecule has 0 saturated carbocycles. The summed E-state index contributed by atoms with van der Waals surface area (Å²) in [5.74, 6) is 0.377. The summed E-state index contributed by atoms with van der Waals surface area (Å²) in [5, 5.41) is 7.68. The van der Waals surface area contributed by atoms with E-state index in [1.807, 2.05) is 0 Å².